The molecule has 0 unspecified atom stereocenters. The first-order valence-corrected chi connectivity index (χ1v) is 6.83. The number of hydrogen-bond acceptors (Lipinski definition) is 2. The van der Waals surface area contributed by atoms with Gasteiger partial charge in [-0.25, -0.2) is 4.79 Å². The molecule has 0 aromatic rings. The van der Waals surface area contributed by atoms with Crippen LogP contribution in [0, 0.1) is 11.3 Å². The van der Waals surface area contributed by atoms with Gasteiger partial charge in [-0.15, -0.1) is 0 Å². The van der Waals surface area contributed by atoms with Crippen molar-refractivity contribution in [1.82, 2.24) is 10.6 Å². The quantitative estimate of drug-likeness (QED) is 0.675. The number of nitrogens with one attached hydrogen (secondary N) is 2. The van der Waals surface area contributed by atoms with Crippen LogP contribution in [0.2, 0.25) is 0 Å². The number of carboxylic acids is 1. The number of rotatable bonds is 6. The molecule has 2 aliphatic carbocycles. The summed E-state index contributed by atoms with van der Waals surface area (Å²) in [5, 5.41) is 14.5. The highest BCUT2D eigenvalue weighted by Crippen LogP contribution is 2.43. The highest BCUT2D eigenvalue weighted by Gasteiger charge is 2.39. The molecule has 0 bridgehead atoms. The molecule has 0 spiro atoms. The number of carboxylic acid groups (broad SMARTS) is 1. The molecule has 0 radical (unpaired) electrons. The van der Waals surface area contributed by atoms with Gasteiger partial charge >= 0.3 is 12.0 Å². The Balaban J connectivity index is 1.65. The maximum atomic E-state index is 11.6. The van der Waals surface area contributed by atoms with Crippen LogP contribution in [-0.2, 0) is 4.79 Å². The van der Waals surface area contributed by atoms with Gasteiger partial charge in [-0.3, -0.25) is 4.79 Å². The Morgan fingerprint density at radius 3 is 2.33 bits per heavy atom. The van der Waals surface area contributed by atoms with Gasteiger partial charge in [0, 0.05) is 13.1 Å². The number of aliphatic carboxylic acids is 1. The zero-order valence-corrected chi connectivity index (χ0v) is 10.7. The van der Waals surface area contributed by atoms with E-state index in [1.165, 1.54) is 19.3 Å². The second-order valence-electron chi connectivity index (χ2n) is 5.78. The van der Waals surface area contributed by atoms with E-state index in [2.05, 4.69) is 10.6 Å². The summed E-state index contributed by atoms with van der Waals surface area (Å²) in [7, 11) is 0. The summed E-state index contributed by atoms with van der Waals surface area (Å²) >= 11 is 0. The molecule has 0 saturated heterocycles. The van der Waals surface area contributed by atoms with Crippen molar-refractivity contribution in [3.8, 4) is 0 Å². The van der Waals surface area contributed by atoms with Crippen LogP contribution in [0.25, 0.3) is 0 Å². The maximum Gasteiger partial charge on any atom is 0.314 e. The lowest BCUT2D eigenvalue weighted by Crippen LogP contribution is -2.47. The lowest BCUT2D eigenvalue weighted by molar-refractivity contribution is -0.141. The van der Waals surface area contributed by atoms with Crippen LogP contribution < -0.4 is 10.6 Å². The topological polar surface area (TPSA) is 78.4 Å². The van der Waals surface area contributed by atoms with Crippen LogP contribution in [0.15, 0.2) is 0 Å². The first kappa shape index (κ1) is 13.2. The Morgan fingerprint density at radius 2 is 1.89 bits per heavy atom. The lowest BCUT2D eigenvalue weighted by Gasteiger charge is -2.40. The fraction of sp³-hybridized carbons (Fsp3) is 0.846. The molecule has 0 aromatic carbocycles. The van der Waals surface area contributed by atoms with Crippen LogP contribution >= 0.6 is 0 Å². The van der Waals surface area contributed by atoms with Crippen LogP contribution in [0.3, 0.4) is 0 Å². The summed E-state index contributed by atoms with van der Waals surface area (Å²) in [6, 6.07) is -0.154. The van der Waals surface area contributed by atoms with Gasteiger partial charge in [-0.05, 0) is 37.0 Å². The van der Waals surface area contributed by atoms with E-state index in [0.29, 0.717) is 12.5 Å². The Labute approximate surface area is 107 Å². The summed E-state index contributed by atoms with van der Waals surface area (Å²) in [6.07, 6.45) is 6.74. The highest BCUT2D eigenvalue weighted by atomic mass is 16.4. The second kappa shape index (κ2) is 5.59. The Kier molecular flexibility index (Phi) is 4.09. The van der Waals surface area contributed by atoms with Crippen molar-refractivity contribution < 1.29 is 14.7 Å². The predicted octanol–water partition coefficient (Wildman–Crippen LogP) is 1.73. The number of urea groups is 1. The molecule has 5 nitrogen and oxygen atoms in total. The molecule has 2 fully saturated rings. The minimum absolute atomic E-state index is 0.154. The van der Waals surface area contributed by atoms with E-state index >= 15 is 0 Å². The molecular formula is C13H22N2O3. The minimum Gasteiger partial charge on any atom is -0.481 e. The van der Waals surface area contributed by atoms with Crippen molar-refractivity contribution in [1.29, 1.82) is 0 Å². The van der Waals surface area contributed by atoms with Crippen molar-refractivity contribution in [3.05, 3.63) is 0 Å². The largest absolute Gasteiger partial charge is 0.481 e. The molecule has 2 rings (SSSR count). The molecule has 2 saturated carbocycles. The molecule has 0 aromatic heterocycles. The van der Waals surface area contributed by atoms with Gasteiger partial charge < -0.3 is 15.7 Å². The number of hydrogen-bond donors (Lipinski definition) is 3. The van der Waals surface area contributed by atoms with E-state index in [1.54, 1.807) is 0 Å². The number of carbonyl (C=O) groups is 2. The van der Waals surface area contributed by atoms with E-state index in [-0.39, 0.29) is 17.9 Å². The standard InChI is InChI=1S/C13H22N2O3/c16-11(17)7-13(5-2-6-13)9-15-12(18)14-8-10-3-1-4-10/h10H,1-9H2,(H,16,17)(H2,14,15,18). The summed E-state index contributed by atoms with van der Waals surface area (Å²) in [4.78, 5) is 22.4. The van der Waals surface area contributed by atoms with Gasteiger partial charge in [0.25, 0.3) is 0 Å². The fourth-order valence-electron chi connectivity index (χ4n) is 2.68. The molecular weight excluding hydrogens is 232 g/mol. The zero-order chi connectivity index (χ0) is 13.0. The van der Waals surface area contributed by atoms with Gasteiger partial charge in [0.05, 0.1) is 6.42 Å². The molecule has 2 aliphatic rings. The molecule has 0 aliphatic heterocycles. The number of amides is 2. The fourth-order valence-corrected chi connectivity index (χ4v) is 2.68. The van der Waals surface area contributed by atoms with Crippen LogP contribution in [0.4, 0.5) is 4.79 Å². The average Bonchev–Trinajstić information content (AvgIpc) is 2.19. The van der Waals surface area contributed by atoms with Crippen molar-refractivity contribution in [2.75, 3.05) is 13.1 Å². The average molecular weight is 254 g/mol. The van der Waals surface area contributed by atoms with Gasteiger partial charge in [-0.2, -0.15) is 0 Å². The zero-order valence-electron chi connectivity index (χ0n) is 10.7. The Bertz CT molecular complexity index is 322. The molecule has 0 heterocycles. The first-order chi connectivity index (χ1) is 8.60. The van der Waals surface area contributed by atoms with Gasteiger partial charge in [0.2, 0.25) is 0 Å². The third-order valence-corrected chi connectivity index (χ3v) is 4.34. The Hall–Kier alpha value is -1.26. The maximum absolute atomic E-state index is 11.6. The van der Waals surface area contributed by atoms with E-state index in [4.69, 9.17) is 5.11 Å². The van der Waals surface area contributed by atoms with Crippen molar-refractivity contribution >= 4 is 12.0 Å². The van der Waals surface area contributed by atoms with Crippen LogP contribution in [0.5, 0.6) is 0 Å². The van der Waals surface area contributed by atoms with Gasteiger partial charge in [-0.1, -0.05) is 12.8 Å². The molecule has 102 valence electrons. The van der Waals surface area contributed by atoms with Crippen molar-refractivity contribution in [2.24, 2.45) is 11.3 Å². The second-order valence-corrected chi connectivity index (χ2v) is 5.78. The third-order valence-electron chi connectivity index (χ3n) is 4.34. The summed E-state index contributed by atoms with van der Waals surface area (Å²) < 4.78 is 0. The summed E-state index contributed by atoms with van der Waals surface area (Å²) in [5.74, 6) is -0.126. The van der Waals surface area contributed by atoms with E-state index in [1.807, 2.05) is 0 Å². The predicted molar refractivity (Wildman–Crippen MR) is 67.3 cm³/mol. The number of carbonyl (C=O) groups excluding carboxylic acids is 1. The minimum atomic E-state index is -0.772. The molecule has 3 N–H and O–H groups in total. The van der Waals surface area contributed by atoms with Gasteiger partial charge in [0.15, 0.2) is 0 Å². The Morgan fingerprint density at radius 1 is 1.17 bits per heavy atom. The highest BCUT2D eigenvalue weighted by molar-refractivity contribution is 5.74. The molecule has 2 amide bonds. The smallest absolute Gasteiger partial charge is 0.314 e. The lowest BCUT2D eigenvalue weighted by atomic mass is 9.66. The van der Waals surface area contributed by atoms with Gasteiger partial charge in [0.1, 0.15) is 0 Å². The van der Waals surface area contributed by atoms with Crippen LogP contribution in [-0.4, -0.2) is 30.2 Å². The van der Waals surface area contributed by atoms with E-state index in [0.717, 1.165) is 25.8 Å². The van der Waals surface area contributed by atoms with Crippen LogP contribution in [0.1, 0.15) is 44.9 Å². The molecule has 5 heteroatoms. The monoisotopic (exact) mass is 254 g/mol. The van der Waals surface area contributed by atoms with Crippen molar-refractivity contribution in [3.63, 3.8) is 0 Å². The van der Waals surface area contributed by atoms with Crippen molar-refractivity contribution in [2.45, 2.75) is 44.9 Å². The summed E-state index contributed by atoms with van der Waals surface area (Å²) in [6.45, 7) is 1.23. The normalized spacial score (nSPS) is 21.6. The van der Waals surface area contributed by atoms with E-state index in [9.17, 15) is 9.59 Å². The first-order valence-electron chi connectivity index (χ1n) is 6.83. The SMILES string of the molecule is O=C(O)CC1(CNC(=O)NCC2CCC2)CCC1. The summed E-state index contributed by atoms with van der Waals surface area (Å²) in [5.41, 5.74) is -0.195. The van der Waals surface area contributed by atoms with E-state index < -0.39 is 5.97 Å². The molecule has 18 heavy (non-hydrogen) atoms. The molecule has 0 atom stereocenters. The third kappa shape index (κ3) is 3.37.